The molecule has 1 N–H and O–H groups in total. The molecule has 0 radical (unpaired) electrons. The summed E-state index contributed by atoms with van der Waals surface area (Å²) >= 11 is 7.81. The maximum Gasteiger partial charge on any atom is 0.227 e. The van der Waals surface area contributed by atoms with Crippen molar-refractivity contribution in [2.45, 2.75) is 24.7 Å². The highest BCUT2D eigenvalue weighted by Gasteiger charge is 2.23. The van der Waals surface area contributed by atoms with Crippen molar-refractivity contribution in [3.8, 4) is 0 Å². The van der Waals surface area contributed by atoms with Gasteiger partial charge in [0, 0.05) is 40.7 Å². The van der Waals surface area contributed by atoms with E-state index in [2.05, 4.69) is 5.32 Å². The number of fused-ring (bicyclic) bond motifs is 1. The molecule has 2 aromatic rings. The number of halogens is 1. The van der Waals surface area contributed by atoms with Gasteiger partial charge in [0.2, 0.25) is 11.8 Å². The summed E-state index contributed by atoms with van der Waals surface area (Å²) < 4.78 is 0. The molecular weight excluding hydrogens is 356 g/mol. The normalized spacial score (nSPS) is 13.3. The van der Waals surface area contributed by atoms with Gasteiger partial charge in [0.25, 0.3) is 0 Å². The van der Waals surface area contributed by atoms with Crippen molar-refractivity contribution in [2.24, 2.45) is 0 Å². The Morgan fingerprint density at radius 1 is 1.16 bits per heavy atom. The molecule has 0 saturated carbocycles. The zero-order valence-corrected chi connectivity index (χ0v) is 15.5. The minimum absolute atomic E-state index is 0.0225. The number of amides is 2. The highest BCUT2D eigenvalue weighted by Crippen LogP contribution is 2.34. The molecule has 0 spiro atoms. The fourth-order valence-corrected chi connectivity index (χ4v) is 3.91. The first-order valence-electron chi connectivity index (χ1n) is 8.13. The fraction of sp³-hybridized carbons (Fsp3) is 0.263. The number of thioether (sulfide) groups is 1. The summed E-state index contributed by atoms with van der Waals surface area (Å²) in [6, 6.07) is 13.3. The molecule has 25 heavy (non-hydrogen) atoms. The van der Waals surface area contributed by atoms with Crippen LogP contribution < -0.4 is 10.2 Å². The molecule has 0 unspecified atom stereocenters. The Labute approximate surface area is 156 Å². The predicted molar refractivity (Wildman–Crippen MR) is 104 cm³/mol. The standard InChI is InChI=1S/C19H19ClN2O2S/c1-13-14(20)5-4-6-15(13)21-18(23)9-10-19(24)22-11-12-25-17-8-3-2-7-16(17)22/h2-8H,9-12H2,1H3,(H,21,23). The second kappa shape index (κ2) is 7.93. The summed E-state index contributed by atoms with van der Waals surface area (Å²) in [5, 5.41) is 3.44. The van der Waals surface area contributed by atoms with Gasteiger partial charge in [0.1, 0.15) is 0 Å². The van der Waals surface area contributed by atoms with Gasteiger partial charge in [-0.3, -0.25) is 9.59 Å². The summed E-state index contributed by atoms with van der Waals surface area (Å²) in [4.78, 5) is 27.6. The summed E-state index contributed by atoms with van der Waals surface area (Å²) in [6.45, 7) is 2.53. The topological polar surface area (TPSA) is 49.4 Å². The fourth-order valence-electron chi connectivity index (χ4n) is 2.74. The third kappa shape index (κ3) is 4.17. The van der Waals surface area contributed by atoms with Crippen LogP contribution in [0.5, 0.6) is 0 Å². The summed E-state index contributed by atoms with van der Waals surface area (Å²) in [5.41, 5.74) is 2.45. The first-order chi connectivity index (χ1) is 12.1. The molecule has 130 valence electrons. The van der Waals surface area contributed by atoms with Gasteiger partial charge in [0.15, 0.2) is 0 Å². The van der Waals surface area contributed by atoms with Crippen molar-refractivity contribution >= 4 is 46.6 Å². The highest BCUT2D eigenvalue weighted by atomic mass is 35.5. The molecule has 1 aliphatic heterocycles. The van der Waals surface area contributed by atoms with Gasteiger partial charge in [-0.15, -0.1) is 11.8 Å². The number of carbonyl (C=O) groups is 2. The highest BCUT2D eigenvalue weighted by molar-refractivity contribution is 7.99. The lowest BCUT2D eigenvalue weighted by atomic mass is 10.2. The maximum atomic E-state index is 12.6. The van der Waals surface area contributed by atoms with Gasteiger partial charge in [-0.2, -0.15) is 0 Å². The Bertz CT molecular complexity index is 810. The van der Waals surface area contributed by atoms with Crippen molar-refractivity contribution in [3.05, 3.63) is 53.1 Å². The van der Waals surface area contributed by atoms with Crippen LogP contribution in [0.2, 0.25) is 5.02 Å². The van der Waals surface area contributed by atoms with Crippen LogP contribution in [0.1, 0.15) is 18.4 Å². The summed E-state index contributed by atoms with van der Waals surface area (Å²) in [6.07, 6.45) is 0.334. The van der Waals surface area contributed by atoms with Crippen molar-refractivity contribution in [1.29, 1.82) is 0 Å². The van der Waals surface area contributed by atoms with Gasteiger partial charge >= 0.3 is 0 Å². The van der Waals surface area contributed by atoms with E-state index in [1.54, 1.807) is 34.9 Å². The lowest BCUT2D eigenvalue weighted by Crippen LogP contribution is -2.35. The largest absolute Gasteiger partial charge is 0.326 e. The van der Waals surface area contributed by atoms with Crippen LogP contribution in [-0.4, -0.2) is 24.1 Å². The van der Waals surface area contributed by atoms with E-state index in [-0.39, 0.29) is 24.7 Å². The number of anilines is 2. The van der Waals surface area contributed by atoms with E-state index in [9.17, 15) is 9.59 Å². The minimum atomic E-state index is -0.182. The second-order valence-corrected chi connectivity index (χ2v) is 7.37. The molecule has 6 heteroatoms. The van der Waals surface area contributed by atoms with E-state index in [0.717, 1.165) is 21.9 Å². The summed E-state index contributed by atoms with van der Waals surface area (Å²) in [5.74, 6) is 0.667. The first kappa shape index (κ1) is 17.8. The molecule has 2 aromatic carbocycles. The molecule has 1 heterocycles. The van der Waals surface area contributed by atoms with Gasteiger partial charge in [-0.05, 0) is 36.8 Å². The Hall–Kier alpha value is -1.98. The van der Waals surface area contributed by atoms with Crippen molar-refractivity contribution in [2.75, 3.05) is 22.5 Å². The first-order valence-corrected chi connectivity index (χ1v) is 9.50. The predicted octanol–water partition coefficient (Wildman–Crippen LogP) is 4.51. The van der Waals surface area contributed by atoms with E-state index >= 15 is 0 Å². The molecule has 3 rings (SSSR count). The molecule has 0 saturated heterocycles. The van der Waals surface area contributed by atoms with Gasteiger partial charge < -0.3 is 10.2 Å². The van der Waals surface area contributed by atoms with Gasteiger partial charge in [-0.1, -0.05) is 29.8 Å². The molecule has 0 aliphatic carbocycles. The van der Waals surface area contributed by atoms with Crippen LogP contribution in [0.3, 0.4) is 0 Å². The molecule has 4 nitrogen and oxygen atoms in total. The van der Waals surface area contributed by atoms with E-state index in [4.69, 9.17) is 11.6 Å². The zero-order chi connectivity index (χ0) is 17.8. The average Bonchev–Trinajstić information content (AvgIpc) is 2.63. The van der Waals surface area contributed by atoms with E-state index in [1.807, 2.05) is 31.2 Å². The molecule has 0 bridgehead atoms. The molecular formula is C19H19ClN2O2S. The zero-order valence-electron chi connectivity index (χ0n) is 13.9. The second-order valence-electron chi connectivity index (χ2n) is 5.82. The number of nitrogens with one attached hydrogen (secondary N) is 1. The van der Waals surface area contributed by atoms with E-state index in [1.165, 1.54) is 0 Å². The molecule has 0 atom stereocenters. The third-order valence-corrected chi connectivity index (χ3v) is 5.59. The Balaban J connectivity index is 1.59. The Kier molecular flexibility index (Phi) is 5.66. The average molecular weight is 375 g/mol. The monoisotopic (exact) mass is 374 g/mol. The number of para-hydroxylation sites is 1. The maximum absolute atomic E-state index is 12.6. The number of benzene rings is 2. The van der Waals surface area contributed by atoms with Gasteiger partial charge in [0.05, 0.1) is 5.69 Å². The van der Waals surface area contributed by atoms with Crippen LogP contribution in [0.4, 0.5) is 11.4 Å². The quantitative estimate of drug-likeness (QED) is 0.856. The van der Waals surface area contributed by atoms with Crippen molar-refractivity contribution < 1.29 is 9.59 Å². The number of hydrogen-bond acceptors (Lipinski definition) is 3. The van der Waals surface area contributed by atoms with E-state index in [0.29, 0.717) is 17.3 Å². The molecule has 0 aromatic heterocycles. The summed E-state index contributed by atoms with van der Waals surface area (Å²) in [7, 11) is 0. The number of nitrogens with zero attached hydrogens (tertiary/aromatic N) is 1. The van der Waals surface area contributed by atoms with Crippen LogP contribution in [0, 0.1) is 6.92 Å². The Morgan fingerprint density at radius 2 is 1.96 bits per heavy atom. The van der Waals surface area contributed by atoms with Crippen LogP contribution in [-0.2, 0) is 9.59 Å². The van der Waals surface area contributed by atoms with Crippen molar-refractivity contribution in [1.82, 2.24) is 0 Å². The minimum Gasteiger partial charge on any atom is -0.326 e. The van der Waals surface area contributed by atoms with Crippen LogP contribution in [0.15, 0.2) is 47.4 Å². The molecule has 0 fully saturated rings. The molecule has 1 aliphatic rings. The third-order valence-electron chi connectivity index (χ3n) is 4.14. The van der Waals surface area contributed by atoms with Gasteiger partial charge in [-0.25, -0.2) is 0 Å². The van der Waals surface area contributed by atoms with Crippen LogP contribution in [0.25, 0.3) is 0 Å². The number of rotatable bonds is 4. The SMILES string of the molecule is Cc1c(Cl)cccc1NC(=O)CCC(=O)N1CCSc2ccccc21. The lowest BCUT2D eigenvalue weighted by Gasteiger charge is -2.29. The lowest BCUT2D eigenvalue weighted by molar-refractivity contribution is -0.122. The van der Waals surface area contributed by atoms with Crippen LogP contribution >= 0.6 is 23.4 Å². The number of hydrogen-bond donors (Lipinski definition) is 1. The van der Waals surface area contributed by atoms with E-state index < -0.39 is 0 Å². The Morgan fingerprint density at radius 3 is 2.80 bits per heavy atom. The van der Waals surface area contributed by atoms with Crippen molar-refractivity contribution in [3.63, 3.8) is 0 Å². The smallest absolute Gasteiger partial charge is 0.227 e. The number of carbonyl (C=O) groups excluding carboxylic acids is 2. The molecule has 2 amide bonds.